The molecule has 2 fully saturated rings. The lowest BCUT2D eigenvalue weighted by Crippen LogP contribution is -2.48. The molecule has 0 aliphatic carbocycles. The van der Waals surface area contributed by atoms with Crippen LogP contribution in [-0.2, 0) is 11.3 Å². The lowest BCUT2D eigenvalue weighted by molar-refractivity contribution is -0.133. The molecule has 1 aromatic rings. The molecule has 0 unspecified atom stereocenters. The minimum atomic E-state index is -0.224. The molecular formula is C21H31ClFN3O. The number of carbonyl (C=O) groups is 1. The molecule has 0 radical (unpaired) electrons. The summed E-state index contributed by atoms with van der Waals surface area (Å²) >= 11 is 6.14. The lowest BCUT2D eigenvalue weighted by atomic mass is 9.91. The van der Waals surface area contributed by atoms with Crippen molar-refractivity contribution in [3.63, 3.8) is 0 Å². The summed E-state index contributed by atoms with van der Waals surface area (Å²) in [6.45, 7) is 9.43. The molecule has 4 nitrogen and oxygen atoms in total. The SMILES string of the molecule is CCN1CCN(C(=O)CCC2CCN(Cc3c(F)cccc3Cl)CC2)CC1. The summed E-state index contributed by atoms with van der Waals surface area (Å²) in [5.74, 6) is 0.683. The third-order valence-corrected chi connectivity index (χ3v) is 6.44. The van der Waals surface area contributed by atoms with Crippen molar-refractivity contribution >= 4 is 17.5 Å². The van der Waals surface area contributed by atoms with Crippen LogP contribution < -0.4 is 0 Å². The van der Waals surface area contributed by atoms with Crippen molar-refractivity contribution in [1.82, 2.24) is 14.7 Å². The fourth-order valence-electron chi connectivity index (χ4n) is 4.14. The predicted octanol–water partition coefficient (Wildman–Crippen LogP) is 3.64. The van der Waals surface area contributed by atoms with Gasteiger partial charge in [-0.25, -0.2) is 4.39 Å². The maximum absolute atomic E-state index is 14.0. The summed E-state index contributed by atoms with van der Waals surface area (Å²) in [7, 11) is 0. The van der Waals surface area contributed by atoms with E-state index in [9.17, 15) is 9.18 Å². The molecule has 2 aliphatic rings. The molecule has 2 saturated heterocycles. The Hall–Kier alpha value is -1.17. The summed E-state index contributed by atoms with van der Waals surface area (Å²) in [5.41, 5.74) is 0.596. The second kappa shape index (κ2) is 9.85. The summed E-state index contributed by atoms with van der Waals surface area (Å²) in [6.07, 6.45) is 3.78. The van der Waals surface area contributed by atoms with Crippen molar-refractivity contribution in [3.8, 4) is 0 Å². The molecule has 6 heteroatoms. The molecule has 0 atom stereocenters. The first kappa shape index (κ1) is 20.6. The lowest BCUT2D eigenvalue weighted by Gasteiger charge is -2.35. The number of hydrogen-bond acceptors (Lipinski definition) is 3. The maximum Gasteiger partial charge on any atom is 0.222 e. The number of piperidine rings is 1. The van der Waals surface area contributed by atoms with Crippen LogP contribution in [0.4, 0.5) is 4.39 Å². The van der Waals surface area contributed by atoms with Crippen molar-refractivity contribution < 1.29 is 9.18 Å². The minimum absolute atomic E-state index is 0.224. The van der Waals surface area contributed by atoms with Crippen LogP contribution in [0.3, 0.4) is 0 Å². The van der Waals surface area contributed by atoms with E-state index in [1.807, 2.05) is 4.90 Å². The predicted molar refractivity (Wildman–Crippen MR) is 107 cm³/mol. The molecule has 2 heterocycles. The number of likely N-dealkylation sites (tertiary alicyclic amines) is 1. The molecule has 3 rings (SSSR count). The first-order valence-electron chi connectivity index (χ1n) is 10.2. The second-order valence-corrected chi connectivity index (χ2v) is 8.18. The van der Waals surface area contributed by atoms with E-state index in [4.69, 9.17) is 11.6 Å². The fraction of sp³-hybridized carbons (Fsp3) is 0.667. The van der Waals surface area contributed by atoms with Gasteiger partial charge in [-0.15, -0.1) is 0 Å². The van der Waals surface area contributed by atoms with Gasteiger partial charge in [0.05, 0.1) is 0 Å². The van der Waals surface area contributed by atoms with Gasteiger partial charge >= 0.3 is 0 Å². The van der Waals surface area contributed by atoms with E-state index >= 15 is 0 Å². The first-order valence-corrected chi connectivity index (χ1v) is 10.6. The standard InChI is InChI=1S/C21H31ClFN3O/c1-2-24-12-14-26(15-13-24)21(27)7-6-17-8-10-25(11-9-17)16-18-19(22)4-3-5-20(18)23/h3-5,17H,2,6-16H2,1H3. The second-order valence-electron chi connectivity index (χ2n) is 7.77. The quantitative estimate of drug-likeness (QED) is 0.735. The molecule has 0 bridgehead atoms. The van der Waals surface area contributed by atoms with Crippen molar-refractivity contribution in [1.29, 1.82) is 0 Å². The van der Waals surface area contributed by atoms with Gasteiger partial charge in [-0.2, -0.15) is 0 Å². The first-order chi connectivity index (χ1) is 13.1. The zero-order valence-electron chi connectivity index (χ0n) is 16.3. The third kappa shape index (κ3) is 5.66. The molecule has 150 valence electrons. The summed E-state index contributed by atoms with van der Waals surface area (Å²) in [6, 6.07) is 4.87. The summed E-state index contributed by atoms with van der Waals surface area (Å²) < 4.78 is 14.0. The Balaban J connectivity index is 1.38. The highest BCUT2D eigenvalue weighted by molar-refractivity contribution is 6.31. The van der Waals surface area contributed by atoms with Gasteiger partial charge in [0.2, 0.25) is 5.91 Å². The molecular weight excluding hydrogens is 365 g/mol. The Morgan fingerprint density at radius 1 is 1.11 bits per heavy atom. The molecule has 0 spiro atoms. The monoisotopic (exact) mass is 395 g/mol. The van der Waals surface area contributed by atoms with E-state index < -0.39 is 0 Å². The van der Waals surface area contributed by atoms with E-state index in [-0.39, 0.29) is 5.82 Å². The van der Waals surface area contributed by atoms with Gasteiger partial charge in [0.15, 0.2) is 0 Å². The molecule has 0 N–H and O–H groups in total. The van der Waals surface area contributed by atoms with Crippen LogP contribution in [0.5, 0.6) is 0 Å². The smallest absolute Gasteiger partial charge is 0.222 e. The normalized spacial score (nSPS) is 20.2. The van der Waals surface area contributed by atoms with E-state index in [0.29, 0.717) is 35.4 Å². The topological polar surface area (TPSA) is 26.8 Å². The van der Waals surface area contributed by atoms with Crippen molar-refractivity contribution in [3.05, 3.63) is 34.6 Å². The number of piperazine rings is 1. The number of rotatable bonds is 6. The van der Waals surface area contributed by atoms with Gasteiger partial charge < -0.3 is 9.80 Å². The third-order valence-electron chi connectivity index (χ3n) is 6.09. The van der Waals surface area contributed by atoms with Gasteiger partial charge in [-0.3, -0.25) is 9.69 Å². The number of halogens is 2. The van der Waals surface area contributed by atoms with Gasteiger partial charge in [0.25, 0.3) is 0 Å². The number of amides is 1. The molecule has 1 amide bonds. The minimum Gasteiger partial charge on any atom is -0.340 e. The number of likely N-dealkylation sites (N-methyl/N-ethyl adjacent to an activating group) is 1. The number of carbonyl (C=O) groups excluding carboxylic acids is 1. The Morgan fingerprint density at radius 2 is 1.81 bits per heavy atom. The Bertz CT molecular complexity index is 606. The number of hydrogen-bond donors (Lipinski definition) is 0. The van der Waals surface area contributed by atoms with E-state index in [1.165, 1.54) is 6.07 Å². The fourth-order valence-corrected chi connectivity index (χ4v) is 4.36. The Kier molecular flexibility index (Phi) is 7.50. The average molecular weight is 396 g/mol. The summed E-state index contributed by atoms with van der Waals surface area (Å²) in [4.78, 5) is 19.1. The van der Waals surface area contributed by atoms with Crippen LogP contribution in [0.15, 0.2) is 18.2 Å². The number of benzene rings is 1. The van der Waals surface area contributed by atoms with Gasteiger partial charge in [0.1, 0.15) is 5.82 Å². The molecule has 0 saturated carbocycles. The van der Waals surface area contributed by atoms with Crippen LogP contribution >= 0.6 is 11.6 Å². The van der Waals surface area contributed by atoms with Gasteiger partial charge in [-0.05, 0) is 56.9 Å². The van der Waals surface area contributed by atoms with Crippen LogP contribution in [0, 0.1) is 11.7 Å². The van der Waals surface area contributed by atoms with Crippen molar-refractivity contribution in [2.75, 3.05) is 45.8 Å². The van der Waals surface area contributed by atoms with Crippen LogP contribution in [0.2, 0.25) is 5.02 Å². The average Bonchev–Trinajstić information content (AvgIpc) is 2.70. The van der Waals surface area contributed by atoms with Gasteiger partial charge in [0, 0.05) is 49.7 Å². The van der Waals surface area contributed by atoms with Crippen molar-refractivity contribution in [2.45, 2.75) is 39.2 Å². The molecule has 2 aliphatic heterocycles. The van der Waals surface area contributed by atoms with Crippen molar-refractivity contribution in [2.24, 2.45) is 5.92 Å². The van der Waals surface area contributed by atoms with E-state index in [2.05, 4.69) is 16.7 Å². The van der Waals surface area contributed by atoms with Crippen LogP contribution in [0.25, 0.3) is 0 Å². The molecule has 27 heavy (non-hydrogen) atoms. The summed E-state index contributed by atoms with van der Waals surface area (Å²) in [5, 5.41) is 0.505. The highest BCUT2D eigenvalue weighted by Gasteiger charge is 2.24. The van der Waals surface area contributed by atoms with E-state index in [1.54, 1.807) is 12.1 Å². The highest BCUT2D eigenvalue weighted by Crippen LogP contribution is 2.26. The Morgan fingerprint density at radius 3 is 2.44 bits per heavy atom. The zero-order valence-corrected chi connectivity index (χ0v) is 17.1. The molecule has 0 aromatic heterocycles. The Labute approximate surface area is 167 Å². The number of nitrogens with zero attached hydrogens (tertiary/aromatic N) is 3. The largest absolute Gasteiger partial charge is 0.340 e. The van der Waals surface area contributed by atoms with Crippen LogP contribution in [-0.4, -0.2) is 66.4 Å². The van der Waals surface area contributed by atoms with Gasteiger partial charge in [-0.1, -0.05) is 24.6 Å². The highest BCUT2D eigenvalue weighted by atomic mass is 35.5. The van der Waals surface area contributed by atoms with E-state index in [0.717, 1.165) is 65.1 Å². The molecule has 1 aromatic carbocycles. The maximum atomic E-state index is 14.0. The van der Waals surface area contributed by atoms with Crippen LogP contribution in [0.1, 0.15) is 38.2 Å². The zero-order chi connectivity index (χ0) is 19.2.